The molecular formula is C20H21N3O7. The summed E-state index contributed by atoms with van der Waals surface area (Å²) in [6.07, 6.45) is 1.19. The van der Waals surface area contributed by atoms with E-state index in [1.54, 1.807) is 18.2 Å². The fourth-order valence-corrected chi connectivity index (χ4v) is 4.21. The fourth-order valence-electron chi connectivity index (χ4n) is 4.21. The predicted octanol–water partition coefficient (Wildman–Crippen LogP) is 0.158. The molecule has 1 aromatic rings. The molecule has 0 radical (unpaired) electrons. The fraction of sp³-hybridized carbons (Fsp3) is 0.450. The molecule has 4 rings (SSSR count). The molecule has 30 heavy (non-hydrogen) atoms. The van der Waals surface area contributed by atoms with Gasteiger partial charge in [0, 0.05) is 19.5 Å². The molecule has 10 nitrogen and oxygen atoms in total. The van der Waals surface area contributed by atoms with Gasteiger partial charge in [-0.2, -0.15) is 0 Å². The SMILES string of the molecule is O=C(O)COC1CCN(c2cccc3c2C(=O)N(C2CCC(=O)NC2=O)C3=O)CC1. The van der Waals surface area contributed by atoms with Crippen molar-refractivity contribution in [2.45, 2.75) is 37.8 Å². The lowest BCUT2D eigenvalue weighted by molar-refractivity contribution is -0.144. The van der Waals surface area contributed by atoms with Crippen molar-refractivity contribution in [3.63, 3.8) is 0 Å². The number of aliphatic carboxylic acids is 1. The van der Waals surface area contributed by atoms with Gasteiger partial charge in [0.2, 0.25) is 11.8 Å². The van der Waals surface area contributed by atoms with Crippen molar-refractivity contribution in [1.82, 2.24) is 10.2 Å². The first-order valence-electron chi connectivity index (χ1n) is 9.79. The number of fused-ring (bicyclic) bond motifs is 1. The minimum absolute atomic E-state index is 0.0700. The molecule has 10 heteroatoms. The minimum atomic E-state index is -1.02. The second-order valence-corrected chi connectivity index (χ2v) is 7.54. The molecule has 0 spiro atoms. The number of carbonyl (C=O) groups excluding carboxylic acids is 4. The van der Waals surface area contributed by atoms with Crippen molar-refractivity contribution in [3.8, 4) is 0 Å². The van der Waals surface area contributed by atoms with Gasteiger partial charge in [-0.25, -0.2) is 4.79 Å². The summed E-state index contributed by atoms with van der Waals surface area (Å²) in [5.41, 5.74) is 1.11. The van der Waals surface area contributed by atoms with Crippen molar-refractivity contribution < 1.29 is 33.8 Å². The summed E-state index contributed by atoms with van der Waals surface area (Å²) >= 11 is 0. The van der Waals surface area contributed by atoms with Crippen LogP contribution in [0, 0.1) is 0 Å². The Morgan fingerprint density at radius 2 is 1.83 bits per heavy atom. The van der Waals surface area contributed by atoms with E-state index >= 15 is 0 Å². The van der Waals surface area contributed by atoms with Crippen LogP contribution in [0.25, 0.3) is 0 Å². The molecule has 2 fully saturated rings. The van der Waals surface area contributed by atoms with E-state index in [0.717, 1.165) is 4.90 Å². The zero-order valence-electron chi connectivity index (χ0n) is 16.1. The predicted molar refractivity (Wildman–Crippen MR) is 102 cm³/mol. The molecule has 3 heterocycles. The molecule has 2 N–H and O–H groups in total. The average molecular weight is 415 g/mol. The number of piperidine rings is 2. The Morgan fingerprint density at radius 3 is 2.50 bits per heavy atom. The summed E-state index contributed by atoms with van der Waals surface area (Å²) in [4.78, 5) is 63.3. The number of rotatable bonds is 5. The summed E-state index contributed by atoms with van der Waals surface area (Å²) < 4.78 is 5.35. The summed E-state index contributed by atoms with van der Waals surface area (Å²) in [6.45, 7) is 0.737. The van der Waals surface area contributed by atoms with E-state index in [1.165, 1.54) is 0 Å². The van der Waals surface area contributed by atoms with Crippen LogP contribution in [0.4, 0.5) is 5.69 Å². The van der Waals surface area contributed by atoms with Crippen molar-refractivity contribution in [3.05, 3.63) is 29.3 Å². The number of imide groups is 2. The highest BCUT2D eigenvalue weighted by molar-refractivity contribution is 6.25. The average Bonchev–Trinajstić information content (AvgIpc) is 2.98. The first-order valence-corrected chi connectivity index (χ1v) is 9.79. The van der Waals surface area contributed by atoms with Crippen LogP contribution in [-0.4, -0.2) is 71.4 Å². The number of carboxylic acids is 1. The molecular weight excluding hydrogens is 394 g/mol. The van der Waals surface area contributed by atoms with Gasteiger partial charge in [0.25, 0.3) is 11.8 Å². The molecule has 2 saturated heterocycles. The van der Waals surface area contributed by atoms with E-state index in [0.29, 0.717) is 31.6 Å². The highest BCUT2D eigenvalue weighted by Gasteiger charge is 2.46. The Labute approximate surface area is 171 Å². The van der Waals surface area contributed by atoms with E-state index in [-0.39, 0.29) is 36.7 Å². The third-order valence-electron chi connectivity index (χ3n) is 5.67. The number of amides is 4. The van der Waals surface area contributed by atoms with Crippen LogP contribution in [0.5, 0.6) is 0 Å². The van der Waals surface area contributed by atoms with E-state index < -0.39 is 35.6 Å². The zero-order chi connectivity index (χ0) is 21.4. The molecule has 1 atom stereocenters. The second kappa shape index (κ2) is 7.86. The van der Waals surface area contributed by atoms with Crippen molar-refractivity contribution in [2.24, 2.45) is 0 Å². The maximum Gasteiger partial charge on any atom is 0.329 e. The van der Waals surface area contributed by atoms with Crippen LogP contribution < -0.4 is 10.2 Å². The zero-order valence-corrected chi connectivity index (χ0v) is 16.1. The maximum atomic E-state index is 13.2. The molecule has 3 aliphatic heterocycles. The van der Waals surface area contributed by atoms with Gasteiger partial charge in [-0.1, -0.05) is 6.07 Å². The Kier molecular flexibility index (Phi) is 5.25. The number of hydrogen-bond acceptors (Lipinski definition) is 7. The smallest absolute Gasteiger partial charge is 0.329 e. The number of anilines is 1. The molecule has 3 aliphatic rings. The van der Waals surface area contributed by atoms with Gasteiger partial charge in [0.1, 0.15) is 12.6 Å². The first kappa shape index (κ1) is 20.0. The largest absolute Gasteiger partial charge is 0.480 e. The topological polar surface area (TPSA) is 133 Å². The lowest BCUT2D eigenvalue weighted by atomic mass is 10.0. The summed E-state index contributed by atoms with van der Waals surface area (Å²) in [7, 11) is 0. The summed E-state index contributed by atoms with van der Waals surface area (Å²) in [5.74, 6) is -3.15. The van der Waals surface area contributed by atoms with Gasteiger partial charge < -0.3 is 14.7 Å². The van der Waals surface area contributed by atoms with Gasteiger partial charge in [0.05, 0.1) is 22.9 Å². The van der Waals surface area contributed by atoms with Gasteiger partial charge >= 0.3 is 5.97 Å². The van der Waals surface area contributed by atoms with Crippen LogP contribution in [0.1, 0.15) is 46.4 Å². The third-order valence-corrected chi connectivity index (χ3v) is 5.67. The quantitative estimate of drug-likeness (QED) is 0.650. The molecule has 0 aliphatic carbocycles. The highest BCUT2D eigenvalue weighted by atomic mass is 16.5. The first-order chi connectivity index (χ1) is 14.4. The van der Waals surface area contributed by atoms with Gasteiger partial charge in [-0.3, -0.25) is 29.4 Å². The van der Waals surface area contributed by atoms with Crippen molar-refractivity contribution in [1.29, 1.82) is 0 Å². The molecule has 1 aromatic carbocycles. The number of ether oxygens (including phenoxy) is 1. The molecule has 0 aromatic heterocycles. The Morgan fingerprint density at radius 1 is 1.10 bits per heavy atom. The number of benzene rings is 1. The molecule has 4 amide bonds. The van der Waals surface area contributed by atoms with Crippen LogP contribution in [0.2, 0.25) is 0 Å². The molecule has 158 valence electrons. The Balaban J connectivity index is 1.53. The third kappa shape index (κ3) is 3.54. The Hall–Kier alpha value is -3.27. The van der Waals surface area contributed by atoms with E-state index in [2.05, 4.69) is 5.32 Å². The highest BCUT2D eigenvalue weighted by Crippen LogP contribution is 2.35. The normalized spacial score (nSPS) is 22.3. The number of carboxylic acid groups (broad SMARTS) is 1. The monoisotopic (exact) mass is 415 g/mol. The van der Waals surface area contributed by atoms with Crippen LogP contribution >= 0.6 is 0 Å². The van der Waals surface area contributed by atoms with Crippen LogP contribution in [0.15, 0.2) is 18.2 Å². The maximum absolute atomic E-state index is 13.2. The Bertz CT molecular complexity index is 936. The number of carbonyl (C=O) groups is 5. The number of hydrogen-bond donors (Lipinski definition) is 2. The van der Waals surface area contributed by atoms with E-state index in [1.807, 2.05) is 4.90 Å². The number of nitrogens with one attached hydrogen (secondary N) is 1. The second-order valence-electron chi connectivity index (χ2n) is 7.54. The lowest BCUT2D eigenvalue weighted by Gasteiger charge is -2.34. The van der Waals surface area contributed by atoms with E-state index in [4.69, 9.17) is 9.84 Å². The van der Waals surface area contributed by atoms with Crippen molar-refractivity contribution in [2.75, 3.05) is 24.6 Å². The molecule has 0 saturated carbocycles. The standard InChI is InChI=1S/C20H21N3O7/c24-15-5-4-14(18(27)21-15)23-19(28)12-2-1-3-13(17(12)20(23)29)22-8-6-11(7-9-22)30-10-16(25)26/h1-3,11,14H,4-10H2,(H,25,26)(H,21,24,27). The van der Waals surface area contributed by atoms with Crippen LogP contribution in [-0.2, 0) is 19.1 Å². The van der Waals surface area contributed by atoms with Crippen molar-refractivity contribution >= 4 is 35.3 Å². The molecule has 1 unspecified atom stereocenters. The summed E-state index contributed by atoms with van der Waals surface area (Å²) in [6, 6.07) is 4.02. The minimum Gasteiger partial charge on any atom is -0.480 e. The van der Waals surface area contributed by atoms with E-state index in [9.17, 15) is 24.0 Å². The lowest BCUT2D eigenvalue weighted by Crippen LogP contribution is -2.54. The van der Waals surface area contributed by atoms with Gasteiger partial charge in [-0.05, 0) is 31.4 Å². The van der Waals surface area contributed by atoms with Crippen LogP contribution in [0.3, 0.4) is 0 Å². The van der Waals surface area contributed by atoms with Gasteiger partial charge in [0.15, 0.2) is 0 Å². The number of nitrogens with zero attached hydrogens (tertiary/aromatic N) is 2. The van der Waals surface area contributed by atoms with Gasteiger partial charge in [-0.15, -0.1) is 0 Å². The molecule has 0 bridgehead atoms. The summed E-state index contributed by atoms with van der Waals surface area (Å²) in [5, 5.41) is 10.9.